The van der Waals surface area contributed by atoms with Crippen LogP contribution in [0.3, 0.4) is 0 Å². The molecule has 2 nitrogen and oxygen atoms in total. The number of H-pyrrole nitrogens is 1. The summed E-state index contributed by atoms with van der Waals surface area (Å²) in [6.45, 7) is 4.59. The lowest BCUT2D eigenvalue weighted by atomic mass is 9.80. The fraction of sp³-hybridized carbons (Fsp3) is 0.429. The maximum absolute atomic E-state index is 14.7. The minimum Gasteiger partial charge on any atom is -0.358 e. The van der Waals surface area contributed by atoms with Gasteiger partial charge < -0.3 is 10.7 Å². The molecule has 0 amide bonds. The van der Waals surface area contributed by atoms with Crippen LogP contribution >= 0.6 is 0 Å². The van der Waals surface area contributed by atoms with Gasteiger partial charge in [0.05, 0.1) is 0 Å². The van der Waals surface area contributed by atoms with Crippen LogP contribution in [0.25, 0.3) is 10.9 Å². The van der Waals surface area contributed by atoms with E-state index < -0.39 is 11.3 Å². The van der Waals surface area contributed by atoms with Crippen molar-refractivity contribution in [2.24, 2.45) is 11.1 Å². The smallest absolute Gasteiger partial charge is 0.281 e. The predicted molar refractivity (Wildman–Crippen MR) is 69.8 cm³/mol. The number of alkyl halides is 2. The summed E-state index contributed by atoms with van der Waals surface area (Å²) in [6.07, 6.45) is 0. The van der Waals surface area contributed by atoms with Crippen LogP contribution in [0.5, 0.6) is 0 Å². The molecule has 0 atom stereocenters. The second kappa shape index (κ2) is 4.05. The highest BCUT2D eigenvalue weighted by Crippen LogP contribution is 2.47. The Balaban J connectivity index is 2.71. The first kappa shape index (κ1) is 13.0. The van der Waals surface area contributed by atoms with Crippen LogP contribution in [0, 0.1) is 12.3 Å². The quantitative estimate of drug-likeness (QED) is 0.861. The largest absolute Gasteiger partial charge is 0.358 e. The van der Waals surface area contributed by atoms with Crippen molar-refractivity contribution in [3.8, 4) is 0 Å². The molecule has 4 heteroatoms. The van der Waals surface area contributed by atoms with Crippen molar-refractivity contribution in [2.75, 3.05) is 6.54 Å². The molecule has 0 saturated carbocycles. The molecule has 0 radical (unpaired) electrons. The Hall–Kier alpha value is -1.42. The van der Waals surface area contributed by atoms with Gasteiger partial charge in [0.1, 0.15) is 0 Å². The zero-order chi connectivity index (χ0) is 13.6. The van der Waals surface area contributed by atoms with Gasteiger partial charge >= 0.3 is 0 Å². The van der Waals surface area contributed by atoms with Crippen molar-refractivity contribution in [3.63, 3.8) is 0 Å². The van der Waals surface area contributed by atoms with E-state index in [4.69, 9.17) is 5.73 Å². The third kappa shape index (κ3) is 1.72. The lowest BCUT2D eigenvalue weighted by Gasteiger charge is -2.33. The van der Waals surface area contributed by atoms with Gasteiger partial charge in [0.15, 0.2) is 0 Å². The van der Waals surface area contributed by atoms with Crippen LogP contribution in [0.15, 0.2) is 24.3 Å². The molecule has 0 saturated heterocycles. The first-order valence-electron chi connectivity index (χ1n) is 5.97. The van der Waals surface area contributed by atoms with Gasteiger partial charge in [0.2, 0.25) is 0 Å². The molecule has 0 bridgehead atoms. The number of hydrogen-bond acceptors (Lipinski definition) is 1. The number of para-hydroxylation sites is 1. The number of hydrogen-bond donors (Lipinski definition) is 2. The van der Waals surface area contributed by atoms with Crippen molar-refractivity contribution < 1.29 is 8.78 Å². The average molecular weight is 252 g/mol. The van der Waals surface area contributed by atoms with Gasteiger partial charge in [-0.25, -0.2) is 8.78 Å². The number of rotatable bonds is 3. The minimum atomic E-state index is -2.97. The number of fused-ring (bicyclic) bond motifs is 1. The second-order valence-corrected chi connectivity index (χ2v) is 5.33. The molecule has 1 heterocycles. The lowest BCUT2D eigenvalue weighted by Crippen LogP contribution is -2.40. The van der Waals surface area contributed by atoms with E-state index in [0.717, 1.165) is 5.52 Å². The van der Waals surface area contributed by atoms with Gasteiger partial charge in [0.25, 0.3) is 5.92 Å². The molecule has 18 heavy (non-hydrogen) atoms. The Morgan fingerprint density at radius 3 is 2.44 bits per heavy atom. The molecule has 0 spiro atoms. The van der Waals surface area contributed by atoms with E-state index in [1.807, 2.05) is 6.07 Å². The average Bonchev–Trinajstić information content (AvgIpc) is 2.64. The summed E-state index contributed by atoms with van der Waals surface area (Å²) in [7, 11) is 0. The monoisotopic (exact) mass is 252 g/mol. The molecule has 1 aromatic heterocycles. The van der Waals surface area contributed by atoms with E-state index in [1.54, 1.807) is 25.1 Å². The number of aryl methyl sites for hydroxylation is 1. The molecule has 2 aromatic rings. The van der Waals surface area contributed by atoms with Crippen molar-refractivity contribution >= 4 is 10.9 Å². The summed E-state index contributed by atoms with van der Waals surface area (Å²) < 4.78 is 29.3. The second-order valence-electron chi connectivity index (χ2n) is 5.33. The Morgan fingerprint density at radius 2 is 1.83 bits per heavy atom. The first-order chi connectivity index (χ1) is 8.31. The zero-order valence-corrected chi connectivity index (χ0v) is 10.8. The molecule has 0 aliphatic carbocycles. The highest BCUT2D eigenvalue weighted by atomic mass is 19.3. The third-order valence-electron chi connectivity index (χ3n) is 3.57. The summed E-state index contributed by atoms with van der Waals surface area (Å²) in [4.78, 5) is 3.01. The number of benzene rings is 1. The predicted octanol–water partition coefficient (Wildman–Crippen LogP) is 3.55. The van der Waals surface area contributed by atoms with E-state index in [1.165, 1.54) is 13.8 Å². The molecular formula is C14H18F2N2. The van der Waals surface area contributed by atoms with Gasteiger partial charge in [-0.3, -0.25) is 0 Å². The number of nitrogens with one attached hydrogen (secondary N) is 1. The van der Waals surface area contributed by atoms with Crippen LogP contribution in [-0.2, 0) is 5.92 Å². The Bertz CT molecular complexity index is 570. The number of aromatic amines is 1. The zero-order valence-electron chi connectivity index (χ0n) is 10.8. The number of aromatic nitrogens is 1. The van der Waals surface area contributed by atoms with E-state index in [9.17, 15) is 8.78 Å². The summed E-state index contributed by atoms with van der Waals surface area (Å²) in [6, 6.07) is 7.12. The van der Waals surface area contributed by atoms with Crippen LogP contribution in [0.2, 0.25) is 0 Å². The topological polar surface area (TPSA) is 41.8 Å². The molecule has 2 rings (SSSR count). The molecule has 3 N–H and O–H groups in total. The minimum absolute atomic E-state index is 0.0635. The Kier molecular flexibility index (Phi) is 2.93. The van der Waals surface area contributed by atoms with E-state index in [0.29, 0.717) is 11.1 Å². The molecule has 0 fully saturated rings. The Labute approximate surface area is 105 Å². The fourth-order valence-electron chi connectivity index (χ4n) is 2.15. The standard InChI is InChI=1S/C14H18F2N2/c1-9-12(14(15,16)13(2,3)8-17)10-6-4-5-7-11(10)18-9/h4-7,18H,8,17H2,1-3H3. The normalized spacial score (nSPS) is 13.2. The number of nitrogens with two attached hydrogens (primary N) is 1. The van der Waals surface area contributed by atoms with E-state index in [-0.39, 0.29) is 12.1 Å². The van der Waals surface area contributed by atoms with Crippen molar-refractivity contribution in [2.45, 2.75) is 26.7 Å². The van der Waals surface area contributed by atoms with Gasteiger partial charge in [-0.15, -0.1) is 0 Å². The molecule has 98 valence electrons. The molecular weight excluding hydrogens is 234 g/mol. The maximum atomic E-state index is 14.7. The maximum Gasteiger partial charge on any atom is 0.281 e. The van der Waals surface area contributed by atoms with Crippen molar-refractivity contribution in [1.82, 2.24) is 4.98 Å². The van der Waals surface area contributed by atoms with Gasteiger partial charge in [-0.05, 0) is 13.0 Å². The van der Waals surface area contributed by atoms with E-state index >= 15 is 0 Å². The van der Waals surface area contributed by atoms with E-state index in [2.05, 4.69) is 4.98 Å². The number of halogens is 2. The SMILES string of the molecule is Cc1[nH]c2ccccc2c1C(F)(F)C(C)(C)CN. The van der Waals surface area contributed by atoms with Crippen molar-refractivity contribution in [1.29, 1.82) is 0 Å². The van der Waals surface area contributed by atoms with Crippen molar-refractivity contribution in [3.05, 3.63) is 35.5 Å². The first-order valence-corrected chi connectivity index (χ1v) is 5.97. The summed E-state index contributed by atoms with van der Waals surface area (Å²) >= 11 is 0. The highest BCUT2D eigenvalue weighted by molar-refractivity contribution is 5.85. The van der Waals surface area contributed by atoms with Crippen LogP contribution in [0.4, 0.5) is 8.78 Å². The molecule has 0 aliphatic heterocycles. The third-order valence-corrected chi connectivity index (χ3v) is 3.57. The van der Waals surface area contributed by atoms with Crippen LogP contribution in [0.1, 0.15) is 25.1 Å². The van der Waals surface area contributed by atoms with Gasteiger partial charge in [-0.1, -0.05) is 32.0 Å². The molecule has 1 aromatic carbocycles. The lowest BCUT2D eigenvalue weighted by molar-refractivity contribution is -0.108. The summed E-state index contributed by atoms with van der Waals surface area (Å²) in [5.74, 6) is -2.97. The van der Waals surface area contributed by atoms with Gasteiger partial charge in [-0.2, -0.15) is 0 Å². The highest BCUT2D eigenvalue weighted by Gasteiger charge is 2.49. The van der Waals surface area contributed by atoms with Crippen LogP contribution in [-0.4, -0.2) is 11.5 Å². The fourth-order valence-corrected chi connectivity index (χ4v) is 2.15. The van der Waals surface area contributed by atoms with Crippen LogP contribution < -0.4 is 5.73 Å². The molecule has 0 unspecified atom stereocenters. The molecule has 0 aliphatic rings. The Morgan fingerprint density at radius 1 is 1.22 bits per heavy atom. The summed E-state index contributed by atoms with van der Waals surface area (Å²) in [5, 5.41) is 0.571. The summed E-state index contributed by atoms with van der Waals surface area (Å²) in [5.41, 5.74) is 5.53. The van der Waals surface area contributed by atoms with Gasteiger partial charge in [0, 0.05) is 34.1 Å².